The number of anilines is 1. The summed E-state index contributed by atoms with van der Waals surface area (Å²) in [4.78, 5) is 10.9. The first-order valence-electron chi connectivity index (χ1n) is 6.74. The summed E-state index contributed by atoms with van der Waals surface area (Å²) in [6.07, 6.45) is 0. The molecule has 0 spiro atoms. The zero-order chi connectivity index (χ0) is 17.2. The van der Waals surface area contributed by atoms with E-state index in [-0.39, 0.29) is 16.2 Å². The number of sulfonamides is 1. The molecule has 0 aliphatic rings. The quantitative estimate of drug-likeness (QED) is 0.908. The van der Waals surface area contributed by atoms with Crippen molar-refractivity contribution in [2.45, 2.75) is 11.8 Å². The van der Waals surface area contributed by atoms with Crippen LogP contribution in [-0.4, -0.2) is 33.7 Å². The number of aryl methyl sites for hydroxylation is 1. The number of carbonyl (C=O) groups is 1. The number of aromatic carboxylic acids is 1. The number of hydrogen-bond donors (Lipinski definition) is 1. The maximum absolute atomic E-state index is 12.8. The van der Waals surface area contributed by atoms with Gasteiger partial charge in [0.05, 0.1) is 18.4 Å². The highest BCUT2D eigenvalue weighted by atomic mass is 32.2. The summed E-state index contributed by atoms with van der Waals surface area (Å²) in [7, 11) is -1.22. The Kier molecular flexibility index (Phi) is 4.60. The van der Waals surface area contributed by atoms with Gasteiger partial charge in [-0.1, -0.05) is 17.7 Å². The fraction of sp³-hybridized carbons (Fsp3) is 0.188. The molecule has 0 fully saturated rings. The molecular weight excluding hydrogens is 318 g/mol. The van der Waals surface area contributed by atoms with E-state index < -0.39 is 16.0 Å². The van der Waals surface area contributed by atoms with Crippen LogP contribution in [0.25, 0.3) is 0 Å². The third-order valence-electron chi connectivity index (χ3n) is 3.45. The fourth-order valence-corrected chi connectivity index (χ4v) is 3.43. The van der Waals surface area contributed by atoms with Crippen molar-refractivity contribution in [1.82, 2.24) is 0 Å². The van der Waals surface area contributed by atoms with Crippen LogP contribution in [-0.2, 0) is 10.0 Å². The number of methoxy groups -OCH3 is 1. The summed E-state index contributed by atoms with van der Waals surface area (Å²) in [6, 6.07) is 10.7. The maximum atomic E-state index is 12.8. The Hall–Kier alpha value is -2.54. The van der Waals surface area contributed by atoms with Gasteiger partial charge >= 0.3 is 5.97 Å². The van der Waals surface area contributed by atoms with Crippen molar-refractivity contribution in [2.75, 3.05) is 18.5 Å². The molecule has 23 heavy (non-hydrogen) atoms. The van der Waals surface area contributed by atoms with Gasteiger partial charge in [0.15, 0.2) is 0 Å². The molecule has 0 heterocycles. The van der Waals surface area contributed by atoms with Gasteiger partial charge in [0.2, 0.25) is 0 Å². The standard InChI is InChI=1S/C16H17NO5S/c1-11-4-7-13(8-5-11)17(2)23(20,21)15-10-12(16(18)19)6-9-14(15)22-3/h4-10H,1-3H3,(H,18,19). The summed E-state index contributed by atoms with van der Waals surface area (Å²) < 4.78 is 31.8. The SMILES string of the molecule is COc1ccc(C(=O)O)cc1S(=O)(=O)N(C)c1ccc(C)cc1. The minimum atomic E-state index is -3.96. The molecule has 0 aliphatic carbocycles. The number of ether oxygens (including phenoxy) is 1. The van der Waals surface area contributed by atoms with E-state index in [9.17, 15) is 13.2 Å². The van der Waals surface area contributed by atoms with E-state index in [4.69, 9.17) is 9.84 Å². The molecule has 2 aromatic carbocycles. The number of nitrogens with zero attached hydrogens (tertiary/aromatic N) is 1. The smallest absolute Gasteiger partial charge is 0.335 e. The third kappa shape index (κ3) is 3.29. The second-order valence-corrected chi connectivity index (χ2v) is 6.92. The molecule has 2 aromatic rings. The Morgan fingerprint density at radius 2 is 1.74 bits per heavy atom. The van der Waals surface area contributed by atoms with E-state index in [1.54, 1.807) is 24.3 Å². The van der Waals surface area contributed by atoms with Gasteiger partial charge < -0.3 is 9.84 Å². The lowest BCUT2D eigenvalue weighted by Gasteiger charge is -2.21. The van der Waals surface area contributed by atoms with E-state index >= 15 is 0 Å². The molecule has 1 N–H and O–H groups in total. The van der Waals surface area contributed by atoms with Crippen LogP contribution in [0.4, 0.5) is 5.69 Å². The molecule has 0 saturated carbocycles. The van der Waals surface area contributed by atoms with Crippen LogP contribution in [0.3, 0.4) is 0 Å². The fourth-order valence-electron chi connectivity index (χ4n) is 2.05. The average molecular weight is 335 g/mol. The number of benzene rings is 2. The highest BCUT2D eigenvalue weighted by molar-refractivity contribution is 7.92. The lowest BCUT2D eigenvalue weighted by molar-refractivity contribution is 0.0696. The van der Waals surface area contributed by atoms with Crippen LogP contribution < -0.4 is 9.04 Å². The lowest BCUT2D eigenvalue weighted by atomic mass is 10.2. The number of rotatable bonds is 5. The molecule has 0 bridgehead atoms. The molecule has 0 aromatic heterocycles. The summed E-state index contributed by atoms with van der Waals surface area (Å²) >= 11 is 0. The summed E-state index contributed by atoms with van der Waals surface area (Å²) in [5, 5.41) is 9.08. The minimum absolute atomic E-state index is 0.0916. The Morgan fingerprint density at radius 1 is 1.13 bits per heavy atom. The lowest BCUT2D eigenvalue weighted by Crippen LogP contribution is -2.27. The molecule has 0 radical (unpaired) electrons. The summed E-state index contributed by atoms with van der Waals surface area (Å²) in [5.74, 6) is -1.11. The van der Waals surface area contributed by atoms with E-state index in [1.807, 2.05) is 6.92 Å². The van der Waals surface area contributed by atoms with Crippen molar-refractivity contribution in [2.24, 2.45) is 0 Å². The minimum Gasteiger partial charge on any atom is -0.495 e. The van der Waals surface area contributed by atoms with Crippen molar-refractivity contribution < 1.29 is 23.1 Å². The van der Waals surface area contributed by atoms with Crippen molar-refractivity contribution in [3.8, 4) is 5.75 Å². The highest BCUT2D eigenvalue weighted by Gasteiger charge is 2.26. The van der Waals surface area contributed by atoms with E-state index in [2.05, 4.69) is 0 Å². The van der Waals surface area contributed by atoms with Crippen LogP contribution in [0, 0.1) is 6.92 Å². The molecule has 0 atom stereocenters. The normalized spacial score (nSPS) is 11.1. The molecule has 122 valence electrons. The second-order valence-electron chi connectivity index (χ2n) is 4.98. The predicted octanol–water partition coefficient (Wildman–Crippen LogP) is 2.53. The Morgan fingerprint density at radius 3 is 2.26 bits per heavy atom. The molecule has 2 rings (SSSR count). The monoisotopic (exact) mass is 335 g/mol. The molecule has 7 heteroatoms. The van der Waals surface area contributed by atoms with Crippen LogP contribution in [0.5, 0.6) is 5.75 Å². The van der Waals surface area contributed by atoms with Crippen molar-refractivity contribution in [3.05, 3.63) is 53.6 Å². The van der Waals surface area contributed by atoms with Gasteiger partial charge in [0.1, 0.15) is 10.6 Å². The van der Waals surface area contributed by atoms with Gasteiger partial charge in [-0.2, -0.15) is 0 Å². The third-order valence-corrected chi connectivity index (χ3v) is 5.25. The molecule has 0 saturated heterocycles. The van der Waals surface area contributed by atoms with Crippen LogP contribution in [0.2, 0.25) is 0 Å². The van der Waals surface area contributed by atoms with Crippen molar-refractivity contribution in [1.29, 1.82) is 0 Å². The molecular formula is C16H17NO5S. The topological polar surface area (TPSA) is 83.9 Å². The van der Waals surface area contributed by atoms with Crippen LogP contribution >= 0.6 is 0 Å². The van der Waals surface area contributed by atoms with Gasteiger partial charge in [0.25, 0.3) is 10.0 Å². The molecule has 0 unspecified atom stereocenters. The molecule has 0 amide bonds. The van der Waals surface area contributed by atoms with E-state index in [0.717, 1.165) is 15.9 Å². The van der Waals surface area contributed by atoms with Crippen LogP contribution in [0.15, 0.2) is 47.4 Å². The zero-order valence-corrected chi connectivity index (χ0v) is 13.8. The molecule has 6 nitrogen and oxygen atoms in total. The largest absolute Gasteiger partial charge is 0.495 e. The van der Waals surface area contributed by atoms with Gasteiger partial charge in [-0.25, -0.2) is 13.2 Å². The Balaban J connectivity index is 2.56. The van der Waals surface area contributed by atoms with Crippen molar-refractivity contribution in [3.63, 3.8) is 0 Å². The summed E-state index contributed by atoms with van der Waals surface area (Å²) in [5.41, 5.74) is 1.35. The average Bonchev–Trinajstić information content (AvgIpc) is 2.54. The Bertz CT molecular complexity index is 828. The predicted molar refractivity (Wildman–Crippen MR) is 86.7 cm³/mol. The first-order valence-corrected chi connectivity index (χ1v) is 8.18. The number of carboxylic acid groups (broad SMARTS) is 1. The Labute approximate surface area is 135 Å². The first-order chi connectivity index (χ1) is 10.8. The van der Waals surface area contributed by atoms with Crippen molar-refractivity contribution >= 4 is 21.7 Å². The van der Waals surface area contributed by atoms with Gasteiger partial charge in [-0.3, -0.25) is 4.31 Å². The maximum Gasteiger partial charge on any atom is 0.335 e. The zero-order valence-electron chi connectivity index (χ0n) is 13.0. The number of carboxylic acids is 1. The summed E-state index contributed by atoms with van der Waals surface area (Å²) in [6.45, 7) is 1.90. The van der Waals surface area contributed by atoms with E-state index in [0.29, 0.717) is 5.69 Å². The number of hydrogen-bond acceptors (Lipinski definition) is 4. The van der Waals surface area contributed by atoms with Crippen LogP contribution in [0.1, 0.15) is 15.9 Å². The second kappa shape index (κ2) is 6.29. The van der Waals surface area contributed by atoms with E-state index in [1.165, 1.54) is 26.3 Å². The first kappa shape index (κ1) is 16.8. The molecule has 0 aliphatic heterocycles. The van der Waals surface area contributed by atoms with Gasteiger partial charge in [-0.15, -0.1) is 0 Å². The van der Waals surface area contributed by atoms with Gasteiger partial charge in [-0.05, 0) is 37.3 Å². The highest BCUT2D eigenvalue weighted by Crippen LogP contribution is 2.30. The van der Waals surface area contributed by atoms with Gasteiger partial charge in [0, 0.05) is 7.05 Å².